The van der Waals surface area contributed by atoms with Crippen LogP contribution in [0.4, 0.5) is 0 Å². The highest BCUT2D eigenvalue weighted by molar-refractivity contribution is 5.88. The van der Waals surface area contributed by atoms with E-state index >= 15 is 0 Å². The molecule has 28 heavy (non-hydrogen) atoms. The zero-order chi connectivity index (χ0) is 19.7. The van der Waals surface area contributed by atoms with Crippen molar-refractivity contribution in [3.8, 4) is 16.9 Å². The lowest BCUT2D eigenvalue weighted by Crippen LogP contribution is -2.38. The number of fused-ring (bicyclic) bond motifs is 1. The lowest BCUT2D eigenvalue weighted by atomic mass is 9.85. The predicted molar refractivity (Wildman–Crippen MR) is 111 cm³/mol. The monoisotopic (exact) mass is 372 g/mol. The Morgan fingerprint density at radius 1 is 1.04 bits per heavy atom. The van der Waals surface area contributed by atoms with Gasteiger partial charge in [-0.3, -0.25) is 0 Å². The molecule has 0 aliphatic carbocycles. The molecular weight excluding hydrogens is 348 g/mol. The molecule has 3 aromatic rings. The van der Waals surface area contributed by atoms with Gasteiger partial charge in [0.1, 0.15) is 11.4 Å². The van der Waals surface area contributed by atoms with Crippen LogP contribution < -0.4 is 4.74 Å². The summed E-state index contributed by atoms with van der Waals surface area (Å²) >= 11 is 0. The Kier molecular flexibility index (Phi) is 4.68. The van der Waals surface area contributed by atoms with Crippen molar-refractivity contribution in [2.75, 3.05) is 0 Å². The highest BCUT2D eigenvalue weighted by Crippen LogP contribution is 2.38. The minimum absolute atomic E-state index is 0.231. The predicted octanol–water partition coefficient (Wildman–Crippen LogP) is 5.69. The molecule has 1 N–H and O–H groups in total. The smallest absolute Gasteiger partial charge is 0.335 e. The minimum Gasteiger partial charge on any atom is -0.487 e. The van der Waals surface area contributed by atoms with Crippen LogP contribution in [-0.2, 0) is 12.8 Å². The van der Waals surface area contributed by atoms with Gasteiger partial charge in [0.05, 0.1) is 5.56 Å². The summed E-state index contributed by atoms with van der Waals surface area (Å²) in [5.74, 6) is 0.0226. The molecule has 0 aromatic heterocycles. The van der Waals surface area contributed by atoms with E-state index in [1.165, 1.54) is 16.7 Å². The van der Waals surface area contributed by atoms with Crippen LogP contribution in [0.1, 0.15) is 40.4 Å². The molecule has 1 unspecified atom stereocenters. The van der Waals surface area contributed by atoms with Gasteiger partial charge in [-0.1, -0.05) is 48.5 Å². The number of hydrogen-bond acceptors (Lipinski definition) is 2. The second-order valence-corrected chi connectivity index (χ2v) is 7.86. The Hall–Kier alpha value is -3.07. The first-order valence-electron chi connectivity index (χ1n) is 9.64. The van der Waals surface area contributed by atoms with Gasteiger partial charge in [0.2, 0.25) is 0 Å². The van der Waals surface area contributed by atoms with Crippen LogP contribution in [0.5, 0.6) is 5.75 Å². The standard InChI is InChI=1S/C25H24O3/c1-17-5-3-4-6-22(17)16-25(2)14-13-19-9-12-21(15-23(19)28-25)18-7-10-20(11-8-18)24(26)27/h3-12,15H,13-14,16H2,1-2H3,(H,26,27). The third-order valence-corrected chi connectivity index (χ3v) is 5.64. The van der Waals surface area contributed by atoms with E-state index in [9.17, 15) is 4.79 Å². The highest BCUT2D eigenvalue weighted by atomic mass is 16.5. The molecule has 0 amide bonds. The van der Waals surface area contributed by atoms with E-state index in [4.69, 9.17) is 9.84 Å². The van der Waals surface area contributed by atoms with Crippen LogP contribution in [0.3, 0.4) is 0 Å². The lowest BCUT2D eigenvalue weighted by Gasteiger charge is -2.36. The lowest BCUT2D eigenvalue weighted by molar-refractivity contribution is 0.0652. The summed E-state index contributed by atoms with van der Waals surface area (Å²) in [5.41, 5.74) is 5.94. The zero-order valence-electron chi connectivity index (χ0n) is 16.2. The van der Waals surface area contributed by atoms with Crippen LogP contribution in [0.2, 0.25) is 0 Å². The average molecular weight is 372 g/mol. The van der Waals surface area contributed by atoms with Crippen LogP contribution >= 0.6 is 0 Å². The van der Waals surface area contributed by atoms with Gasteiger partial charge < -0.3 is 9.84 Å². The van der Waals surface area contributed by atoms with Gasteiger partial charge >= 0.3 is 5.97 Å². The number of ether oxygens (including phenoxy) is 1. The molecule has 0 bridgehead atoms. The third-order valence-electron chi connectivity index (χ3n) is 5.64. The van der Waals surface area contributed by atoms with Crippen molar-refractivity contribution < 1.29 is 14.6 Å². The molecule has 1 aliphatic heterocycles. The summed E-state index contributed by atoms with van der Waals surface area (Å²) in [6.07, 6.45) is 2.87. The van der Waals surface area contributed by atoms with E-state index in [1.807, 2.05) is 12.1 Å². The van der Waals surface area contributed by atoms with Gasteiger partial charge in [-0.15, -0.1) is 0 Å². The van der Waals surface area contributed by atoms with Crippen molar-refractivity contribution in [3.05, 3.63) is 89.0 Å². The number of rotatable bonds is 4. The van der Waals surface area contributed by atoms with Crippen LogP contribution in [0, 0.1) is 6.92 Å². The van der Waals surface area contributed by atoms with E-state index in [1.54, 1.807) is 12.1 Å². The molecule has 0 radical (unpaired) electrons. The van der Waals surface area contributed by atoms with Crippen LogP contribution in [0.25, 0.3) is 11.1 Å². The number of carboxylic acid groups (broad SMARTS) is 1. The van der Waals surface area contributed by atoms with Crippen LogP contribution in [0.15, 0.2) is 66.7 Å². The number of carboxylic acids is 1. The second kappa shape index (κ2) is 7.16. The molecule has 3 heteroatoms. The molecule has 1 heterocycles. The van der Waals surface area contributed by atoms with Gasteiger partial charge in [0, 0.05) is 6.42 Å². The molecule has 0 fully saturated rings. The molecule has 4 rings (SSSR count). The van der Waals surface area contributed by atoms with Gasteiger partial charge in [-0.05, 0) is 72.7 Å². The Labute approximate surface area is 165 Å². The summed E-state index contributed by atoms with van der Waals surface area (Å²) in [5, 5.41) is 9.08. The fourth-order valence-electron chi connectivity index (χ4n) is 3.89. The summed E-state index contributed by atoms with van der Waals surface area (Å²) in [6, 6.07) is 21.8. The molecule has 0 spiro atoms. The number of aryl methyl sites for hydroxylation is 2. The number of aromatic carboxylic acids is 1. The Bertz CT molecular complexity index is 1020. The summed E-state index contributed by atoms with van der Waals surface area (Å²) < 4.78 is 6.51. The topological polar surface area (TPSA) is 46.5 Å². The van der Waals surface area contributed by atoms with E-state index in [0.717, 1.165) is 36.1 Å². The molecule has 1 aliphatic rings. The Balaban J connectivity index is 1.60. The maximum atomic E-state index is 11.1. The first kappa shape index (κ1) is 18.3. The maximum Gasteiger partial charge on any atom is 0.335 e. The van der Waals surface area contributed by atoms with Crippen molar-refractivity contribution in [2.24, 2.45) is 0 Å². The molecule has 0 saturated carbocycles. The summed E-state index contributed by atoms with van der Waals surface area (Å²) in [7, 11) is 0. The third kappa shape index (κ3) is 3.65. The molecule has 142 valence electrons. The number of carbonyl (C=O) groups is 1. The van der Waals surface area contributed by atoms with Gasteiger partial charge in [-0.2, -0.15) is 0 Å². The first-order chi connectivity index (χ1) is 13.4. The fourth-order valence-corrected chi connectivity index (χ4v) is 3.89. The van der Waals surface area contributed by atoms with Crippen molar-refractivity contribution >= 4 is 5.97 Å². The van der Waals surface area contributed by atoms with Crippen LogP contribution in [-0.4, -0.2) is 16.7 Å². The fraction of sp³-hybridized carbons (Fsp3) is 0.240. The molecule has 0 saturated heterocycles. The maximum absolute atomic E-state index is 11.1. The SMILES string of the molecule is Cc1ccccc1CC1(C)CCc2ccc(-c3ccc(C(=O)O)cc3)cc2O1. The average Bonchev–Trinajstić information content (AvgIpc) is 2.69. The highest BCUT2D eigenvalue weighted by Gasteiger charge is 2.32. The van der Waals surface area contributed by atoms with Crippen molar-refractivity contribution in [1.82, 2.24) is 0 Å². The molecule has 3 aromatic carbocycles. The summed E-state index contributed by atoms with van der Waals surface area (Å²) in [6.45, 7) is 4.34. The van der Waals surface area contributed by atoms with Crippen molar-refractivity contribution in [1.29, 1.82) is 0 Å². The quantitative estimate of drug-likeness (QED) is 0.640. The van der Waals surface area contributed by atoms with E-state index < -0.39 is 5.97 Å². The van der Waals surface area contributed by atoms with Gasteiger partial charge in [-0.25, -0.2) is 4.79 Å². The summed E-state index contributed by atoms with van der Waals surface area (Å²) in [4.78, 5) is 11.1. The van der Waals surface area contributed by atoms with Gasteiger partial charge in [0.25, 0.3) is 0 Å². The molecule has 1 atom stereocenters. The van der Waals surface area contributed by atoms with E-state index in [2.05, 4.69) is 56.3 Å². The first-order valence-corrected chi connectivity index (χ1v) is 9.64. The van der Waals surface area contributed by atoms with E-state index in [0.29, 0.717) is 5.56 Å². The van der Waals surface area contributed by atoms with Gasteiger partial charge in [0.15, 0.2) is 0 Å². The van der Waals surface area contributed by atoms with E-state index in [-0.39, 0.29) is 5.60 Å². The Morgan fingerprint density at radius 3 is 2.46 bits per heavy atom. The number of benzene rings is 3. The Morgan fingerprint density at radius 2 is 1.75 bits per heavy atom. The number of hydrogen-bond donors (Lipinski definition) is 1. The van der Waals surface area contributed by atoms with Crippen molar-refractivity contribution in [2.45, 2.75) is 38.7 Å². The minimum atomic E-state index is -0.910. The molecular formula is C25H24O3. The zero-order valence-corrected chi connectivity index (χ0v) is 16.2. The second-order valence-electron chi connectivity index (χ2n) is 7.86. The normalized spacial score (nSPS) is 18.2. The van der Waals surface area contributed by atoms with Crippen molar-refractivity contribution in [3.63, 3.8) is 0 Å². The molecule has 3 nitrogen and oxygen atoms in total. The largest absolute Gasteiger partial charge is 0.487 e.